The number of amides is 5. The molecule has 0 saturated heterocycles. The van der Waals surface area contributed by atoms with Crippen molar-refractivity contribution in [3.63, 3.8) is 0 Å². The Labute approximate surface area is 395 Å². The van der Waals surface area contributed by atoms with Gasteiger partial charge in [-0.15, -0.1) is 0 Å². The van der Waals surface area contributed by atoms with Gasteiger partial charge in [-0.25, -0.2) is 18.8 Å². The second kappa shape index (κ2) is 25.0. The summed E-state index contributed by atoms with van der Waals surface area (Å²) in [4.78, 5) is 134. The summed E-state index contributed by atoms with van der Waals surface area (Å²) >= 11 is 0. The first-order chi connectivity index (χ1) is 33.0. The Kier molecular flexibility index (Phi) is 19.3. The van der Waals surface area contributed by atoms with E-state index in [9.17, 15) is 72.4 Å². The van der Waals surface area contributed by atoms with Crippen LogP contribution in [0.3, 0.4) is 0 Å². The van der Waals surface area contributed by atoms with Gasteiger partial charge in [0.05, 0.1) is 29.8 Å². The van der Waals surface area contributed by atoms with Crippen LogP contribution in [0.1, 0.15) is 62.5 Å². The lowest BCUT2D eigenvalue weighted by molar-refractivity contribution is -0.156. The van der Waals surface area contributed by atoms with E-state index in [1.54, 1.807) is 61.5 Å². The molecule has 0 aliphatic carbocycles. The Morgan fingerprint density at radius 3 is 1.76 bits per heavy atom. The van der Waals surface area contributed by atoms with Gasteiger partial charge in [0.2, 0.25) is 29.5 Å². The minimum atomic E-state index is -2.06. The number of anilines is 2. The highest BCUT2D eigenvalue weighted by Crippen LogP contribution is 2.33. The molecule has 0 bridgehead atoms. The van der Waals surface area contributed by atoms with Crippen LogP contribution in [0.2, 0.25) is 0 Å². The van der Waals surface area contributed by atoms with Crippen molar-refractivity contribution in [2.24, 2.45) is 11.7 Å². The normalized spacial score (nSPS) is 12.7. The molecule has 5 amide bonds. The molecule has 4 atom stereocenters. The third-order valence-corrected chi connectivity index (χ3v) is 10.6. The first kappa shape index (κ1) is 54.0. The Balaban J connectivity index is 1.27. The van der Waals surface area contributed by atoms with E-state index in [4.69, 9.17) is 15.9 Å². The number of nitrogens with one attached hydrogen (secondary N) is 6. The van der Waals surface area contributed by atoms with E-state index in [1.165, 1.54) is 6.07 Å². The van der Waals surface area contributed by atoms with Crippen LogP contribution >= 0.6 is 0 Å². The summed E-state index contributed by atoms with van der Waals surface area (Å²) in [6, 6.07) is 9.59. The van der Waals surface area contributed by atoms with Crippen molar-refractivity contribution < 1.29 is 82.7 Å². The minimum Gasteiger partial charge on any atom is -0.481 e. The number of carboxylic acid groups (broad SMARTS) is 5. The maximum absolute atomic E-state index is 14.2. The van der Waals surface area contributed by atoms with E-state index in [-0.39, 0.29) is 17.8 Å². The number of carbonyl (C=O) groups is 11. The number of nitrogens with zero attached hydrogens (tertiary/aromatic N) is 1. The van der Waals surface area contributed by atoms with Crippen LogP contribution in [0.25, 0.3) is 22.0 Å². The SMILES string of the molecule is Cc1ccc(F)c(CC(=O)Nc2ccc(-c3cccc4[nH]nc(NC(=O)C[C@H](N)C(=O)N[C@@H](CCC(=O)N[C@@H](CCC(=O)N[C@@H](CCC(=O)CC(C(=O)O)C(=O)O)C(=O)O)C(=O)O)C(=O)O)c34)cc2)c1. The first-order valence-electron chi connectivity index (χ1n) is 21.3. The van der Waals surface area contributed by atoms with Crippen LogP contribution in [0.15, 0.2) is 60.7 Å². The lowest BCUT2D eigenvalue weighted by atomic mass is 9.98. The molecule has 0 unspecified atom stereocenters. The van der Waals surface area contributed by atoms with Gasteiger partial charge >= 0.3 is 29.8 Å². The number of hydrogen-bond donors (Lipinski definition) is 12. The predicted molar refractivity (Wildman–Crippen MR) is 241 cm³/mol. The summed E-state index contributed by atoms with van der Waals surface area (Å²) < 4.78 is 14.2. The number of H-pyrrole nitrogens is 1. The average Bonchev–Trinajstić information content (AvgIpc) is 3.70. The number of aromatic nitrogens is 2. The average molecular weight is 977 g/mol. The van der Waals surface area contributed by atoms with Crippen LogP contribution in [-0.2, 0) is 59.2 Å². The largest absolute Gasteiger partial charge is 0.481 e. The number of aryl methyl sites for hydroxylation is 1. The highest BCUT2D eigenvalue weighted by atomic mass is 19.1. The molecular formula is C45H49FN8O16. The van der Waals surface area contributed by atoms with E-state index >= 15 is 0 Å². The zero-order valence-electron chi connectivity index (χ0n) is 37.2. The molecule has 4 rings (SSSR count). The summed E-state index contributed by atoms with van der Waals surface area (Å²) in [6.45, 7) is 1.79. The van der Waals surface area contributed by atoms with Gasteiger partial charge in [-0.1, -0.05) is 42.0 Å². The molecule has 0 radical (unpaired) electrons. The topological polar surface area (TPSA) is 404 Å². The number of aromatic amines is 1. The minimum absolute atomic E-state index is 0.0676. The molecule has 372 valence electrons. The molecule has 70 heavy (non-hydrogen) atoms. The predicted octanol–water partition coefficient (Wildman–Crippen LogP) is 1.31. The Bertz CT molecular complexity index is 2660. The fraction of sp³-hybridized carbons (Fsp3) is 0.333. The smallest absolute Gasteiger partial charge is 0.326 e. The number of Topliss-reactive ketones (excluding diaryl/α,β-unsaturated/α-hetero) is 1. The molecule has 1 aromatic heterocycles. The van der Waals surface area contributed by atoms with Crippen molar-refractivity contribution in [3.05, 3.63) is 77.6 Å². The lowest BCUT2D eigenvalue weighted by Crippen LogP contribution is -2.50. The van der Waals surface area contributed by atoms with Gasteiger partial charge < -0.3 is 57.9 Å². The second-order valence-corrected chi connectivity index (χ2v) is 16.0. The van der Waals surface area contributed by atoms with Gasteiger partial charge in [-0.2, -0.15) is 5.10 Å². The van der Waals surface area contributed by atoms with Gasteiger partial charge in [0.25, 0.3) is 0 Å². The summed E-state index contributed by atoms with van der Waals surface area (Å²) in [5.74, 6) is -16.1. The van der Waals surface area contributed by atoms with E-state index in [2.05, 4.69) is 36.8 Å². The second-order valence-electron chi connectivity index (χ2n) is 16.0. The number of nitrogens with two attached hydrogens (primary N) is 1. The van der Waals surface area contributed by atoms with Crippen molar-refractivity contribution in [3.8, 4) is 11.1 Å². The monoisotopic (exact) mass is 976 g/mol. The number of carbonyl (C=O) groups excluding carboxylic acids is 6. The number of carboxylic acids is 5. The fourth-order valence-electron chi connectivity index (χ4n) is 6.88. The van der Waals surface area contributed by atoms with E-state index in [0.717, 1.165) is 5.56 Å². The highest BCUT2D eigenvalue weighted by molar-refractivity contribution is 6.07. The van der Waals surface area contributed by atoms with E-state index in [0.29, 0.717) is 27.7 Å². The molecule has 0 fully saturated rings. The molecule has 3 aromatic carbocycles. The van der Waals surface area contributed by atoms with Gasteiger partial charge in [0.1, 0.15) is 29.7 Å². The van der Waals surface area contributed by atoms with Crippen LogP contribution in [0, 0.1) is 18.7 Å². The standard InChI is InChI=1S/C45H49FN8O16/c1-21-5-11-28(46)23(17-21)18-36(58)48-24-8-6-22(7-9-24)26-3-2-4-30-38(26)39(54-53-30)52-37(59)20-29(47)40(60)51-33(45(69)70)14-16-35(57)50-32(44(67)68)13-15-34(56)49-31(43(65)66)12-10-25(55)19-27(41(61)62)42(63)64/h2-9,11,17,27,29,31-33H,10,12-16,18-20,47H2,1H3,(H,48,58)(H,49,56)(H,50,57)(H,51,60)(H,61,62)(H,63,64)(H,65,66)(H,67,68)(H,69,70)(H2,52,53,54,59)/t29-,31-,32-,33-/m0/s1. The zero-order valence-corrected chi connectivity index (χ0v) is 37.2. The quantitative estimate of drug-likeness (QED) is 0.0375. The van der Waals surface area contributed by atoms with Crippen LogP contribution in [0.4, 0.5) is 15.9 Å². The zero-order chi connectivity index (χ0) is 51.8. The van der Waals surface area contributed by atoms with Crippen LogP contribution < -0.4 is 32.3 Å². The molecule has 4 aromatic rings. The number of rotatable bonds is 27. The first-order valence-corrected chi connectivity index (χ1v) is 21.3. The van der Waals surface area contributed by atoms with Crippen molar-refractivity contribution >= 4 is 87.6 Å². The lowest BCUT2D eigenvalue weighted by Gasteiger charge is -2.19. The van der Waals surface area contributed by atoms with Crippen LogP contribution in [0.5, 0.6) is 0 Å². The van der Waals surface area contributed by atoms with E-state index < -0.39 is 152 Å². The number of ketones is 1. The summed E-state index contributed by atoms with van der Waals surface area (Å²) in [7, 11) is 0. The molecule has 13 N–H and O–H groups in total. The molecular weight excluding hydrogens is 928 g/mol. The third kappa shape index (κ3) is 16.0. The molecule has 0 aliphatic heterocycles. The summed E-state index contributed by atoms with van der Waals surface area (Å²) in [5.41, 5.74) is 9.25. The Morgan fingerprint density at radius 2 is 1.20 bits per heavy atom. The van der Waals surface area contributed by atoms with Crippen molar-refractivity contribution in [2.45, 2.75) is 88.9 Å². The van der Waals surface area contributed by atoms with Crippen LogP contribution in [-0.4, -0.2) is 125 Å². The number of fused-ring (bicyclic) bond motifs is 1. The maximum Gasteiger partial charge on any atom is 0.326 e. The fourth-order valence-corrected chi connectivity index (χ4v) is 6.88. The number of aliphatic carboxylic acids is 5. The van der Waals surface area contributed by atoms with E-state index in [1.807, 2.05) is 0 Å². The molecule has 24 nitrogen and oxygen atoms in total. The Hall–Kier alpha value is -8.61. The molecule has 0 saturated carbocycles. The number of hydrogen-bond acceptors (Lipinski definition) is 13. The van der Waals surface area contributed by atoms with Gasteiger partial charge in [0, 0.05) is 31.4 Å². The molecule has 1 heterocycles. The maximum atomic E-state index is 14.2. The van der Waals surface area contributed by atoms with Crippen molar-refractivity contribution in [1.29, 1.82) is 0 Å². The van der Waals surface area contributed by atoms with Gasteiger partial charge in [-0.3, -0.25) is 43.5 Å². The number of halogens is 1. The van der Waals surface area contributed by atoms with Gasteiger partial charge in [-0.05, 0) is 67.1 Å². The molecule has 0 spiro atoms. The highest BCUT2D eigenvalue weighted by Gasteiger charge is 2.31. The summed E-state index contributed by atoms with van der Waals surface area (Å²) in [6.07, 6.45) is -5.43. The Morgan fingerprint density at radius 1 is 0.643 bits per heavy atom. The van der Waals surface area contributed by atoms with Crippen molar-refractivity contribution in [1.82, 2.24) is 26.1 Å². The van der Waals surface area contributed by atoms with Gasteiger partial charge in [0.15, 0.2) is 11.7 Å². The third-order valence-electron chi connectivity index (χ3n) is 10.6. The summed E-state index contributed by atoms with van der Waals surface area (Å²) in [5, 5.41) is 65.7. The van der Waals surface area contributed by atoms with Crippen molar-refractivity contribution in [2.75, 3.05) is 10.6 Å². The number of benzene rings is 3. The molecule has 25 heteroatoms. The molecule has 0 aliphatic rings.